The standard InChI is InChI=1S/C5H8F3O5P/c1-2(5(6,7)8)3(4(9)10)14(11,12)13/h2-3H,1H3,(H,9,10)(H2,11,12,13). The van der Waals surface area contributed by atoms with Crippen LogP contribution in [0.3, 0.4) is 0 Å². The Bertz CT molecular complexity index is 269. The fourth-order valence-corrected chi connectivity index (χ4v) is 1.87. The summed E-state index contributed by atoms with van der Waals surface area (Å²) in [4.78, 5) is 27.1. The number of hydrogen-bond acceptors (Lipinski definition) is 2. The van der Waals surface area contributed by atoms with Gasteiger partial charge in [0.15, 0.2) is 5.66 Å². The van der Waals surface area contributed by atoms with Crippen LogP contribution >= 0.6 is 7.60 Å². The molecule has 0 spiro atoms. The van der Waals surface area contributed by atoms with Crippen molar-refractivity contribution in [3.05, 3.63) is 0 Å². The molecule has 0 aromatic heterocycles. The molecule has 0 saturated carbocycles. The molecule has 2 unspecified atom stereocenters. The highest BCUT2D eigenvalue weighted by Gasteiger charge is 2.52. The Labute approximate surface area is 76.7 Å². The van der Waals surface area contributed by atoms with Crippen molar-refractivity contribution >= 4 is 13.6 Å². The summed E-state index contributed by atoms with van der Waals surface area (Å²) in [5, 5.41) is 8.25. The number of halogens is 3. The van der Waals surface area contributed by atoms with Gasteiger partial charge in [0.05, 0.1) is 5.92 Å². The van der Waals surface area contributed by atoms with Crippen molar-refractivity contribution in [1.82, 2.24) is 0 Å². The quantitative estimate of drug-likeness (QED) is 0.630. The number of carboxylic acids is 1. The minimum absolute atomic E-state index is 0.415. The summed E-state index contributed by atoms with van der Waals surface area (Å²) < 4.78 is 46.4. The molecule has 3 N–H and O–H groups in total. The smallest absolute Gasteiger partial charge is 0.393 e. The van der Waals surface area contributed by atoms with Crippen LogP contribution in [0.1, 0.15) is 6.92 Å². The normalized spacial score (nSPS) is 17.6. The van der Waals surface area contributed by atoms with E-state index in [0.717, 1.165) is 0 Å². The molecule has 0 rings (SSSR count). The Morgan fingerprint density at radius 1 is 1.36 bits per heavy atom. The van der Waals surface area contributed by atoms with Gasteiger partial charge in [0, 0.05) is 0 Å². The van der Waals surface area contributed by atoms with Gasteiger partial charge in [-0.15, -0.1) is 0 Å². The van der Waals surface area contributed by atoms with E-state index in [4.69, 9.17) is 14.9 Å². The summed E-state index contributed by atoms with van der Waals surface area (Å²) in [6.07, 6.45) is -4.95. The molecule has 0 saturated heterocycles. The Morgan fingerprint density at radius 2 is 1.71 bits per heavy atom. The molecule has 0 aliphatic carbocycles. The summed E-state index contributed by atoms with van der Waals surface area (Å²) in [5.74, 6) is -4.76. The van der Waals surface area contributed by atoms with Crippen LogP contribution in [0.2, 0.25) is 0 Å². The Balaban J connectivity index is 5.06. The zero-order chi connectivity index (χ0) is 11.7. The van der Waals surface area contributed by atoms with E-state index in [0.29, 0.717) is 6.92 Å². The van der Waals surface area contributed by atoms with Gasteiger partial charge in [0.25, 0.3) is 0 Å². The lowest BCUT2D eigenvalue weighted by Crippen LogP contribution is -2.37. The third kappa shape index (κ3) is 3.28. The minimum atomic E-state index is -5.30. The van der Waals surface area contributed by atoms with Crippen LogP contribution < -0.4 is 0 Å². The van der Waals surface area contributed by atoms with Gasteiger partial charge in [-0.05, 0) is 0 Å². The van der Waals surface area contributed by atoms with E-state index in [-0.39, 0.29) is 0 Å². The molecule has 0 fully saturated rings. The molecule has 2 atom stereocenters. The number of hydrogen-bond donors (Lipinski definition) is 3. The van der Waals surface area contributed by atoms with E-state index in [9.17, 15) is 22.5 Å². The number of rotatable bonds is 3. The Morgan fingerprint density at radius 3 is 1.79 bits per heavy atom. The molecular formula is C5H8F3O5P. The van der Waals surface area contributed by atoms with Gasteiger partial charge in [0.1, 0.15) is 0 Å². The highest BCUT2D eigenvalue weighted by Crippen LogP contribution is 2.49. The monoisotopic (exact) mass is 236 g/mol. The van der Waals surface area contributed by atoms with Crippen molar-refractivity contribution in [3.8, 4) is 0 Å². The lowest BCUT2D eigenvalue weighted by atomic mass is 10.1. The van der Waals surface area contributed by atoms with Gasteiger partial charge < -0.3 is 14.9 Å². The Kier molecular flexibility index (Phi) is 3.71. The molecule has 14 heavy (non-hydrogen) atoms. The maximum absolute atomic E-state index is 12.0. The first-order valence-electron chi connectivity index (χ1n) is 3.32. The average molecular weight is 236 g/mol. The van der Waals surface area contributed by atoms with Crippen molar-refractivity contribution in [2.75, 3.05) is 0 Å². The molecule has 0 heterocycles. The maximum Gasteiger partial charge on any atom is 0.393 e. The SMILES string of the molecule is CC(C(C(=O)O)P(=O)(O)O)C(F)(F)F. The first-order chi connectivity index (χ1) is 5.98. The molecule has 0 amide bonds. The van der Waals surface area contributed by atoms with E-state index >= 15 is 0 Å². The molecule has 5 nitrogen and oxygen atoms in total. The van der Waals surface area contributed by atoms with E-state index in [1.54, 1.807) is 0 Å². The highest BCUT2D eigenvalue weighted by atomic mass is 31.2. The van der Waals surface area contributed by atoms with Crippen molar-refractivity contribution in [2.45, 2.75) is 18.8 Å². The third-order valence-corrected chi connectivity index (χ3v) is 3.00. The number of carbonyl (C=O) groups is 1. The second-order valence-electron chi connectivity index (χ2n) is 2.70. The minimum Gasteiger partial charge on any atom is -0.481 e. The van der Waals surface area contributed by atoms with Crippen molar-refractivity contribution in [3.63, 3.8) is 0 Å². The fraction of sp³-hybridized carbons (Fsp3) is 0.800. The van der Waals surface area contributed by atoms with Crippen LogP contribution in [0.15, 0.2) is 0 Å². The van der Waals surface area contributed by atoms with E-state index < -0.39 is 31.3 Å². The molecule has 84 valence electrons. The van der Waals surface area contributed by atoms with Crippen molar-refractivity contribution in [2.24, 2.45) is 5.92 Å². The molecule has 0 aliphatic rings. The topological polar surface area (TPSA) is 94.8 Å². The van der Waals surface area contributed by atoms with Gasteiger partial charge in [-0.3, -0.25) is 9.36 Å². The maximum atomic E-state index is 12.0. The van der Waals surface area contributed by atoms with Crippen molar-refractivity contribution < 1.29 is 37.4 Å². The lowest BCUT2D eigenvalue weighted by Gasteiger charge is -2.22. The van der Waals surface area contributed by atoms with Crippen LogP contribution in [0.4, 0.5) is 13.2 Å². The van der Waals surface area contributed by atoms with E-state index in [1.807, 2.05) is 0 Å². The number of carboxylic acid groups (broad SMARTS) is 1. The second-order valence-corrected chi connectivity index (χ2v) is 4.44. The molecular weight excluding hydrogens is 228 g/mol. The second kappa shape index (κ2) is 3.88. The van der Waals surface area contributed by atoms with Crippen molar-refractivity contribution in [1.29, 1.82) is 0 Å². The van der Waals surface area contributed by atoms with Gasteiger partial charge >= 0.3 is 19.7 Å². The van der Waals surface area contributed by atoms with Gasteiger partial charge in [-0.2, -0.15) is 13.2 Å². The summed E-state index contributed by atoms with van der Waals surface area (Å²) in [5.41, 5.74) is -2.75. The molecule has 0 aliphatic heterocycles. The van der Waals surface area contributed by atoms with Crippen LogP contribution in [0.5, 0.6) is 0 Å². The fourth-order valence-electron chi connectivity index (χ4n) is 0.828. The zero-order valence-electron chi connectivity index (χ0n) is 6.89. The van der Waals surface area contributed by atoms with Gasteiger partial charge in [-0.1, -0.05) is 6.92 Å². The number of alkyl halides is 3. The van der Waals surface area contributed by atoms with Crippen LogP contribution in [0.25, 0.3) is 0 Å². The summed E-state index contributed by atoms with van der Waals surface area (Å²) in [6.45, 7) is 0.415. The van der Waals surface area contributed by atoms with Crippen LogP contribution in [-0.2, 0) is 9.36 Å². The lowest BCUT2D eigenvalue weighted by molar-refractivity contribution is -0.178. The van der Waals surface area contributed by atoms with Gasteiger partial charge in [0.2, 0.25) is 0 Å². The van der Waals surface area contributed by atoms with Crippen LogP contribution in [0, 0.1) is 5.92 Å². The predicted molar refractivity (Wildman–Crippen MR) is 38.7 cm³/mol. The van der Waals surface area contributed by atoms with Gasteiger partial charge in [-0.25, -0.2) is 0 Å². The van der Waals surface area contributed by atoms with E-state index in [2.05, 4.69) is 0 Å². The zero-order valence-corrected chi connectivity index (χ0v) is 7.79. The van der Waals surface area contributed by atoms with E-state index in [1.165, 1.54) is 0 Å². The predicted octanol–water partition coefficient (Wildman–Crippen LogP) is 0.816. The molecule has 0 bridgehead atoms. The number of aliphatic carboxylic acids is 1. The summed E-state index contributed by atoms with van der Waals surface area (Å²) in [7, 11) is -5.30. The molecule has 0 aromatic carbocycles. The Hall–Kier alpha value is -0.590. The first-order valence-corrected chi connectivity index (χ1v) is 5.01. The molecule has 0 aromatic rings. The highest BCUT2D eigenvalue weighted by molar-refractivity contribution is 7.53. The summed E-state index contributed by atoms with van der Waals surface area (Å²) in [6, 6.07) is 0. The average Bonchev–Trinajstić information content (AvgIpc) is 1.79. The largest absolute Gasteiger partial charge is 0.481 e. The van der Waals surface area contributed by atoms with Crippen LogP contribution in [-0.4, -0.2) is 32.7 Å². The molecule has 0 radical (unpaired) electrons. The third-order valence-electron chi connectivity index (χ3n) is 1.61. The summed E-state index contributed by atoms with van der Waals surface area (Å²) >= 11 is 0. The molecule has 9 heteroatoms. The first kappa shape index (κ1) is 13.4.